The highest BCUT2D eigenvalue weighted by atomic mass is 35.5. The minimum Gasteiger partial charge on any atom is -0.380 e. The zero-order chi connectivity index (χ0) is 9.47. The molecule has 0 heterocycles. The molecule has 3 heteroatoms. The maximum atomic E-state index is 5.89. The number of benzene rings is 1. The van der Waals surface area contributed by atoms with E-state index in [2.05, 4.69) is 12.2 Å². The SMILES string of the molecule is CC1(Nc2ccc(Cl)c(Cl)c2)CC1. The van der Waals surface area contributed by atoms with Gasteiger partial charge in [0.05, 0.1) is 10.0 Å². The minimum absolute atomic E-state index is 0.289. The Morgan fingerprint density at radius 3 is 2.46 bits per heavy atom. The van der Waals surface area contributed by atoms with E-state index >= 15 is 0 Å². The van der Waals surface area contributed by atoms with E-state index in [1.165, 1.54) is 12.8 Å². The maximum absolute atomic E-state index is 5.89. The molecule has 0 aromatic heterocycles. The van der Waals surface area contributed by atoms with Crippen molar-refractivity contribution in [2.75, 3.05) is 5.32 Å². The first-order chi connectivity index (χ1) is 6.09. The average Bonchev–Trinajstić information content (AvgIpc) is 2.76. The van der Waals surface area contributed by atoms with Crippen molar-refractivity contribution in [3.05, 3.63) is 28.2 Å². The van der Waals surface area contributed by atoms with Gasteiger partial charge in [0.15, 0.2) is 0 Å². The summed E-state index contributed by atoms with van der Waals surface area (Å²) in [4.78, 5) is 0. The standard InChI is InChI=1S/C10H11Cl2N/c1-10(4-5-10)13-7-2-3-8(11)9(12)6-7/h2-3,6,13H,4-5H2,1H3. The molecule has 1 aromatic rings. The van der Waals surface area contributed by atoms with Gasteiger partial charge in [-0.05, 0) is 38.0 Å². The van der Waals surface area contributed by atoms with Gasteiger partial charge in [-0.15, -0.1) is 0 Å². The number of halogens is 2. The molecule has 1 fully saturated rings. The van der Waals surface area contributed by atoms with E-state index in [1.54, 1.807) is 0 Å². The van der Waals surface area contributed by atoms with E-state index in [0.29, 0.717) is 10.0 Å². The third-order valence-corrected chi connectivity index (χ3v) is 3.10. The van der Waals surface area contributed by atoms with Crippen molar-refractivity contribution >= 4 is 28.9 Å². The van der Waals surface area contributed by atoms with Gasteiger partial charge in [-0.1, -0.05) is 23.2 Å². The topological polar surface area (TPSA) is 12.0 Å². The lowest BCUT2D eigenvalue weighted by Crippen LogP contribution is -2.15. The van der Waals surface area contributed by atoms with Gasteiger partial charge < -0.3 is 5.32 Å². The number of rotatable bonds is 2. The Hall–Kier alpha value is -0.400. The van der Waals surface area contributed by atoms with Crippen LogP contribution in [-0.4, -0.2) is 5.54 Å². The Morgan fingerprint density at radius 1 is 1.23 bits per heavy atom. The normalized spacial score (nSPS) is 18.4. The van der Waals surface area contributed by atoms with Gasteiger partial charge in [-0.2, -0.15) is 0 Å². The molecule has 70 valence electrons. The summed E-state index contributed by atoms with van der Waals surface area (Å²) >= 11 is 11.7. The molecule has 1 N–H and O–H groups in total. The molecule has 1 nitrogen and oxygen atoms in total. The molecule has 0 saturated heterocycles. The molecule has 13 heavy (non-hydrogen) atoms. The van der Waals surface area contributed by atoms with Crippen molar-refractivity contribution in [1.82, 2.24) is 0 Å². The second kappa shape index (κ2) is 3.07. The van der Waals surface area contributed by atoms with Crippen LogP contribution in [-0.2, 0) is 0 Å². The lowest BCUT2D eigenvalue weighted by Gasteiger charge is -2.13. The first-order valence-corrected chi connectivity index (χ1v) is 5.08. The molecule has 1 aromatic carbocycles. The van der Waals surface area contributed by atoms with Crippen molar-refractivity contribution in [1.29, 1.82) is 0 Å². The molecule has 0 amide bonds. The van der Waals surface area contributed by atoms with E-state index in [1.807, 2.05) is 18.2 Å². The summed E-state index contributed by atoms with van der Waals surface area (Å²) in [5.74, 6) is 0. The molecule has 1 aliphatic rings. The Labute approximate surface area is 88.0 Å². The van der Waals surface area contributed by atoms with Crippen LogP contribution in [0.4, 0.5) is 5.69 Å². The van der Waals surface area contributed by atoms with E-state index in [9.17, 15) is 0 Å². The minimum atomic E-state index is 0.289. The molecular weight excluding hydrogens is 205 g/mol. The van der Waals surface area contributed by atoms with E-state index in [-0.39, 0.29) is 5.54 Å². The van der Waals surface area contributed by atoms with Crippen molar-refractivity contribution < 1.29 is 0 Å². The summed E-state index contributed by atoms with van der Waals surface area (Å²) < 4.78 is 0. The average molecular weight is 216 g/mol. The Balaban J connectivity index is 2.17. The lowest BCUT2D eigenvalue weighted by atomic mass is 10.2. The predicted octanol–water partition coefficient (Wildman–Crippen LogP) is 3.96. The molecule has 0 radical (unpaired) electrons. The van der Waals surface area contributed by atoms with Crippen LogP contribution in [0, 0.1) is 0 Å². The maximum Gasteiger partial charge on any atom is 0.0612 e. The second-order valence-electron chi connectivity index (χ2n) is 3.81. The van der Waals surface area contributed by atoms with E-state index in [4.69, 9.17) is 23.2 Å². The van der Waals surface area contributed by atoms with Gasteiger partial charge in [0.25, 0.3) is 0 Å². The molecule has 0 atom stereocenters. The van der Waals surface area contributed by atoms with Crippen molar-refractivity contribution in [3.63, 3.8) is 0 Å². The molecule has 1 saturated carbocycles. The van der Waals surface area contributed by atoms with Crippen molar-refractivity contribution in [2.45, 2.75) is 25.3 Å². The number of hydrogen-bond acceptors (Lipinski definition) is 1. The summed E-state index contributed by atoms with van der Waals surface area (Å²) in [6.07, 6.45) is 2.46. The zero-order valence-corrected chi connectivity index (χ0v) is 8.91. The molecule has 0 spiro atoms. The van der Waals surface area contributed by atoms with Crippen LogP contribution in [0.5, 0.6) is 0 Å². The van der Waals surface area contributed by atoms with Crippen LogP contribution in [0.1, 0.15) is 19.8 Å². The number of nitrogens with one attached hydrogen (secondary N) is 1. The van der Waals surface area contributed by atoms with Gasteiger partial charge in [0.2, 0.25) is 0 Å². The second-order valence-corrected chi connectivity index (χ2v) is 4.63. The highest BCUT2D eigenvalue weighted by Gasteiger charge is 2.36. The first-order valence-electron chi connectivity index (χ1n) is 4.32. The summed E-state index contributed by atoms with van der Waals surface area (Å²) in [6.45, 7) is 2.20. The summed E-state index contributed by atoms with van der Waals surface area (Å²) in [7, 11) is 0. The van der Waals surface area contributed by atoms with Crippen LogP contribution in [0.3, 0.4) is 0 Å². The third kappa shape index (κ3) is 2.09. The molecule has 0 bridgehead atoms. The van der Waals surface area contributed by atoms with Crippen LogP contribution in [0.2, 0.25) is 10.0 Å². The Kier molecular flexibility index (Phi) is 2.17. The van der Waals surface area contributed by atoms with Crippen LogP contribution < -0.4 is 5.32 Å². The quantitative estimate of drug-likeness (QED) is 0.788. The van der Waals surface area contributed by atoms with Gasteiger partial charge in [0, 0.05) is 11.2 Å². The van der Waals surface area contributed by atoms with Crippen molar-refractivity contribution in [3.8, 4) is 0 Å². The monoisotopic (exact) mass is 215 g/mol. The fourth-order valence-electron chi connectivity index (χ4n) is 1.23. The van der Waals surface area contributed by atoms with Gasteiger partial charge in [0.1, 0.15) is 0 Å². The van der Waals surface area contributed by atoms with Gasteiger partial charge in [-0.3, -0.25) is 0 Å². The van der Waals surface area contributed by atoms with Crippen LogP contribution >= 0.6 is 23.2 Å². The zero-order valence-electron chi connectivity index (χ0n) is 7.40. The fourth-order valence-corrected chi connectivity index (χ4v) is 1.53. The van der Waals surface area contributed by atoms with Crippen molar-refractivity contribution in [2.24, 2.45) is 0 Å². The Bertz CT molecular complexity index is 332. The Morgan fingerprint density at radius 2 is 1.92 bits per heavy atom. The molecule has 2 rings (SSSR count). The summed E-state index contributed by atoms with van der Waals surface area (Å²) in [5.41, 5.74) is 1.34. The van der Waals surface area contributed by atoms with E-state index in [0.717, 1.165) is 5.69 Å². The summed E-state index contributed by atoms with van der Waals surface area (Å²) in [6, 6.07) is 5.64. The highest BCUT2D eigenvalue weighted by molar-refractivity contribution is 6.42. The molecule has 0 aliphatic heterocycles. The predicted molar refractivity (Wildman–Crippen MR) is 57.7 cm³/mol. The van der Waals surface area contributed by atoms with Crippen LogP contribution in [0.25, 0.3) is 0 Å². The third-order valence-electron chi connectivity index (χ3n) is 2.37. The smallest absolute Gasteiger partial charge is 0.0612 e. The fraction of sp³-hybridized carbons (Fsp3) is 0.400. The summed E-state index contributed by atoms with van der Waals surface area (Å²) in [5, 5.41) is 4.63. The van der Waals surface area contributed by atoms with Gasteiger partial charge >= 0.3 is 0 Å². The van der Waals surface area contributed by atoms with E-state index < -0.39 is 0 Å². The highest BCUT2D eigenvalue weighted by Crippen LogP contribution is 2.39. The number of hydrogen-bond donors (Lipinski definition) is 1. The molecular formula is C10H11Cl2N. The van der Waals surface area contributed by atoms with Gasteiger partial charge in [-0.25, -0.2) is 0 Å². The molecule has 1 aliphatic carbocycles. The van der Waals surface area contributed by atoms with Crippen LogP contribution in [0.15, 0.2) is 18.2 Å². The number of anilines is 1. The largest absolute Gasteiger partial charge is 0.380 e. The lowest BCUT2D eigenvalue weighted by molar-refractivity contribution is 0.829. The first kappa shape index (κ1) is 9.17. The molecule has 0 unspecified atom stereocenters.